The molecule has 2 fully saturated rings. The monoisotopic (exact) mass is 491 g/mol. The van der Waals surface area contributed by atoms with E-state index in [-0.39, 0.29) is 11.9 Å². The number of pyridine rings is 1. The van der Waals surface area contributed by atoms with Crippen molar-refractivity contribution >= 4 is 17.3 Å². The third-order valence-corrected chi connectivity index (χ3v) is 7.50. The van der Waals surface area contributed by atoms with Gasteiger partial charge in [-0.2, -0.15) is 0 Å². The van der Waals surface area contributed by atoms with Crippen molar-refractivity contribution in [2.24, 2.45) is 5.92 Å². The number of aliphatic hydroxyl groups excluding tert-OH is 1. The van der Waals surface area contributed by atoms with Crippen LogP contribution in [0.5, 0.6) is 0 Å². The van der Waals surface area contributed by atoms with Gasteiger partial charge >= 0.3 is 0 Å². The molecule has 0 bridgehead atoms. The number of aromatic nitrogens is 1. The van der Waals surface area contributed by atoms with Gasteiger partial charge in [-0.1, -0.05) is 18.2 Å². The van der Waals surface area contributed by atoms with Crippen molar-refractivity contribution in [3.8, 4) is 0 Å². The number of hydrogen-bond acceptors (Lipinski definition) is 5. The van der Waals surface area contributed by atoms with Gasteiger partial charge in [-0.05, 0) is 67.6 Å². The van der Waals surface area contributed by atoms with Crippen LogP contribution in [0.2, 0.25) is 0 Å². The zero-order valence-electron chi connectivity index (χ0n) is 20.6. The van der Waals surface area contributed by atoms with Crippen LogP contribution >= 0.6 is 0 Å². The predicted molar refractivity (Wildman–Crippen MR) is 137 cm³/mol. The van der Waals surface area contributed by atoms with Gasteiger partial charge in [0.1, 0.15) is 17.5 Å². The zero-order valence-corrected chi connectivity index (χ0v) is 20.6. The Bertz CT molecular complexity index is 1260. The van der Waals surface area contributed by atoms with E-state index in [4.69, 9.17) is 0 Å². The lowest BCUT2D eigenvalue weighted by Gasteiger charge is -2.34. The highest BCUT2D eigenvalue weighted by atomic mass is 19.1. The first-order chi connectivity index (χ1) is 17.3. The summed E-state index contributed by atoms with van der Waals surface area (Å²) >= 11 is 0. The summed E-state index contributed by atoms with van der Waals surface area (Å²) in [5.74, 6) is -1.56. The summed E-state index contributed by atoms with van der Waals surface area (Å²) in [5, 5.41) is 10.0. The summed E-state index contributed by atoms with van der Waals surface area (Å²) in [4.78, 5) is 23.0. The molecule has 0 unspecified atom stereocenters. The molecule has 0 spiro atoms. The van der Waals surface area contributed by atoms with E-state index in [0.717, 1.165) is 28.7 Å². The molecule has 7 heteroatoms. The van der Waals surface area contributed by atoms with Crippen LogP contribution in [0.15, 0.2) is 54.7 Å². The standard InChI is InChI=1S/C29H31F2N3O2/c1-18-13-19(2)28(26(14-18)33-11-8-21(35)9-12-33)29(36)24-17-34(27-5-3-4-10-32-27)16-23(24)22-7-6-20(30)15-25(22)31/h3-7,10,13-15,21,23-24,35H,8-9,11-12,16-17H2,1-2H3/t23-,24+/m0/s1. The second-order valence-corrected chi connectivity index (χ2v) is 10.0. The number of halogens is 2. The molecule has 3 heterocycles. The van der Waals surface area contributed by atoms with Crippen LogP contribution in [0, 0.1) is 31.4 Å². The second-order valence-electron chi connectivity index (χ2n) is 10.0. The van der Waals surface area contributed by atoms with E-state index in [1.165, 1.54) is 12.1 Å². The summed E-state index contributed by atoms with van der Waals surface area (Å²) in [5.41, 5.74) is 3.82. The van der Waals surface area contributed by atoms with Gasteiger partial charge in [0.05, 0.1) is 6.10 Å². The van der Waals surface area contributed by atoms with E-state index in [2.05, 4.69) is 9.88 Å². The molecule has 2 aliphatic heterocycles. The molecule has 3 aromatic rings. The number of piperidine rings is 1. The van der Waals surface area contributed by atoms with Crippen LogP contribution in [0.1, 0.15) is 45.8 Å². The fourth-order valence-electron chi connectivity index (χ4n) is 5.72. The van der Waals surface area contributed by atoms with Crippen molar-refractivity contribution in [1.82, 2.24) is 4.98 Å². The molecule has 0 radical (unpaired) electrons. The number of benzene rings is 2. The van der Waals surface area contributed by atoms with Crippen molar-refractivity contribution in [3.05, 3.63) is 88.6 Å². The summed E-state index contributed by atoms with van der Waals surface area (Å²) in [6.07, 6.45) is 2.69. The highest BCUT2D eigenvalue weighted by Gasteiger charge is 2.42. The van der Waals surface area contributed by atoms with E-state index in [0.29, 0.717) is 50.1 Å². The predicted octanol–water partition coefficient (Wildman–Crippen LogP) is 5.04. The molecule has 36 heavy (non-hydrogen) atoms. The lowest BCUT2D eigenvalue weighted by Crippen LogP contribution is -2.37. The SMILES string of the molecule is Cc1cc(C)c(C(=O)[C@@H]2CN(c3ccccn3)C[C@H]2c2ccc(F)cc2F)c(N2CCC(O)CC2)c1. The minimum absolute atomic E-state index is 0.0409. The molecule has 5 nitrogen and oxygen atoms in total. The Kier molecular flexibility index (Phi) is 6.75. The number of anilines is 2. The molecule has 2 saturated heterocycles. The lowest BCUT2D eigenvalue weighted by atomic mass is 9.81. The first kappa shape index (κ1) is 24.4. The zero-order chi connectivity index (χ0) is 25.4. The number of carbonyl (C=O) groups excluding carboxylic acids is 1. The van der Waals surface area contributed by atoms with Crippen molar-refractivity contribution in [3.63, 3.8) is 0 Å². The lowest BCUT2D eigenvalue weighted by molar-refractivity contribution is 0.0920. The molecule has 5 rings (SSSR count). The van der Waals surface area contributed by atoms with Crippen molar-refractivity contribution < 1.29 is 18.7 Å². The van der Waals surface area contributed by atoms with E-state index in [1.807, 2.05) is 49.1 Å². The Morgan fingerprint density at radius 1 is 1.00 bits per heavy atom. The molecule has 2 aromatic carbocycles. The highest BCUT2D eigenvalue weighted by molar-refractivity contribution is 6.05. The quantitative estimate of drug-likeness (QED) is 0.507. The molecule has 2 atom stereocenters. The van der Waals surface area contributed by atoms with Crippen LogP contribution in [0.4, 0.5) is 20.3 Å². The summed E-state index contributed by atoms with van der Waals surface area (Å²) in [6.45, 7) is 6.10. The number of rotatable bonds is 5. The van der Waals surface area contributed by atoms with Gasteiger partial charge in [0.25, 0.3) is 0 Å². The summed E-state index contributed by atoms with van der Waals surface area (Å²) in [6, 6.07) is 13.3. The number of hydrogen-bond donors (Lipinski definition) is 1. The average molecular weight is 492 g/mol. The molecule has 0 saturated carbocycles. The Labute approximate surface area is 210 Å². The van der Waals surface area contributed by atoms with Crippen LogP contribution < -0.4 is 9.80 Å². The maximum atomic E-state index is 15.0. The Hall–Kier alpha value is -3.32. The smallest absolute Gasteiger partial charge is 0.170 e. The minimum atomic E-state index is -0.636. The average Bonchev–Trinajstić information content (AvgIpc) is 3.29. The van der Waals surface area contributed by atoms with Crippen LogP contribution in [0.3, 0.4) is 0 Å². The normalized spacial score (nSPS) is 20.7. The molecule has 0 amide bonds. The van der Waals surface area contributed by atoms with Crippen LogP contribution in [-0.4, -0.2) is 48.2 Å². The number of nitrogens with zero attached hydrogens (tertiary/aromatic N) is 3. The fraction of sp³-hybridized carbons (Fsp3) is 0.379. The van der Waals surface area contributed by atoms with Crippen molar-refractivity contribution in [2.75, 3.05) is 36.0 Å². The van der Waals surface area contributed by atoms with Gasteiger partial charge in [0.15, 0.2) is 5.78 Å². The summed E-state index contributed by atoms with van der Waals surface area (Å²) in [7, 11) is 0. The largest absolute Gasteiger partial charge is 0.393 e. The van der Waals surface area contributed by atoms with E-state index >= 15 is 0 Å². The molecule has 1 N–H and O–H groups in total. The Balaban J connectivity index is 1.56. The van der Waals surface area contributed by atoms with Gasteiger partial charge in [0, 0.05) is 61.5 Å². The molecule has 2 aliphatic rings. The minimum Gasteiger partial charge on any atom is -0.393 e. The van der Waals surface area contributed by atoms with Gasteiger partial charge in [-0.3, -0.25) is 4.79 Å². The molecular formula is C29H31F2N3O2. The Morgan fingerprint density at radius 3 is 2.47 bits per heavy atom. The second kappa shape index (κ2) is 9.97. The van der Waals surface area contributed by atoms with Gasteiger partial charge in [0.2, 0.25) is 0 Å². The molecule has 188 valence electrons. The maximum absolute atomic E-state index is 15.0. The number of aliphatic hydroxyl groups is 1. The molecule has 0 aliphatic carbocycles. The van der Waals surface area contributed by atoms with Crippen molar-refractivity contribution in [1.29, 1.82) is 0 Å². The van der Waals surface area contributed by atoms with E-state index in [9.17, 15) is 18.7 Å². The number of Topliss-reactive ketones (excluding diaryl/α,β-unsaturated/α-hetero) is 1. The van der Waals surface area contributed by atoms with Crippen LogP contribution in [0.25, 0.3) is 0 Å². The Morgan fingerprint density at radius 2 is 1.78 bits per heavy atom. The highest BCUT2D eigenvalue weighted by Crippen LogP contribution is 2.40. The van der Waals surface area contributed by atoms with Crippen LogP contribution in [-0.2, 0) is 0 Å². The molecular weight excluding hydrogens is 460 g/mol. The van der Waals surface area contributed by atoms with Gasteiger partial charge in [-0.25, -0.2) is 13.8 Å². The van der Waals surface area contributed by atoms with E-state index < -0.39 is 23.5 Å². The van der Waals surface area contributed by atoms with Crippen molar-refractivity contribution in [2.45, 2.75) is 38.7 Å². The number of aryl methyl sites for hydroxylation is 2. The third kappa shape index (κ3) is 4.72. The molecule has 1 aromatic heterocycles. The maximum Gasteiger partial charge on any atom is 0.170 e. The van der Waals surface area contributed by atoms with Gasteiger partial charge in [-0.15, -0.1) is 0 Å². The fourth-order valence-corrected chi connectivity index (χ4v) is 5.72. The first-order valence-corrected chi connectivity index (χ1v) is 12.5. The first-order valence-electron chi connectivity index (χ1n) is 12.5. The summed E-state index contributed by atoms with van der Waals surface area (Å²) < 4.78 is 28.7. The number of ketones is 1. The topological polar surface area (TPSA) is 56.7 Å². The third-order valence-electron chi connectivity index (χ3n) is 7.50. The van der Waals surface area contributed by atoms with E-state index in [1.54, 1.807) is 6.20 Å². The van der Waals surface area contributed by atoms with Gasteiger partial charge < -0.3 is 14.9 Å². The number of carbonyl (C=O) groups is 1.